The highest BCUT2D eigenvalue weighted by Gasteiger charge is 2.21. The van der Waals surface area contributed by atoms with Crippen molar-refractivity contribution < 1.29 is 42.9 Å². The topological polar surface area (TPSA) is 111 Å². The van der Waals surface area contributed by atoms with E-state index >= 15 is 0 Å². The number of aliphatic carboxylic acids is 1. The number of esters is 2. The highest BCUT2D eigenvalue weighted by Crippen LogP contribution is 2.15. The number of carboxylic acid groups (broad SMARTS) is 1. The van der Waals surface area contributed by atoms with E-state index in [2.05, 4.69) is 38.2 Å². The second kappa shape index (κ2) is 39.6. The smallest absolute Gasteiger partial charge is 0.306 e. The zero-order valence-corrected chi connectivity index (χ0v) is 37.0. The highest BCUT2D eigenvalue weighted by molar-refractivity contribution is 5.70. The fourth-order valence-corrected chi connectivity index (χ4v) is 6.33. The lowest BCUT2D eigenvalue weighted by atomic mass is 10.0. The molecule has 0 aliphatic rings. The third-order valence-electron chi connectivity index (χ3n) is 9.95. The first-order chi connectivity index (χ1) is 27.1. The van der Waals surface area contributed by atoms with Crippen molar-refractivity contribution >= 4 is 17.9 Å². The number of nitrogens with zero attached hydrogens (tertiary/aromatic N) is 1. The van der Waals surface area contributed by atoms with Crippen LogP contribution in [0, 0.1) is 0 Å². The summed E-state index contributed by atoms with van der Waals surface area (Å²) in [4.78, 5) is 37.0. The van der Waals surface area contributed by atoms with Crippen LogP contribution in [0.2, 0.25) is 0 Å². The number of carboxylic acids is 1. The zero-order valence-electron chi connectivity index (χ0n) is 37.0. The Labute approximate surface area is 344 Å². The Bertz CT molecular complexity index is 976. The van der Waals surface area contributed by atoms with Crippen molar-refractivity contribution in [3.8, 4) is 0 Å². The number of allylic oxidation sites excluding steroid dienone is 4. The molecule has 0 bridgehead atoms. The van der Waals surface area contributed by atoms with Gasteiger partial charge in [-0.15, -0.1) is 0 Å². The molecule has 9 nitrogen and oxygen atoms in total. The summed E-state index contributed by atoms with van der Waals surface area (Å²) in [6, 6.07) is 0. The van der Waals surface area contributed by atoms with Crippen molar-refractivity contribution in [3.63, 3.8) is 0 Å². The van der Waals surface area contributed by atoms with Crippen LogP contribution in [-0.2, 0) is 33.3 Å². The monoisotopic (exact) mass is 794 g/mol. The van der Waals surface area contributed by atoms with E-state index in [0.29, 0.717) is 23.9 Å². The minimum Gasteiger partial charge on any atom is -0.545 e. The number of unbranched alkanes of at least 4 members (excludes halogenated alkanes) is 23. The predicted octanol–water partition coefficient (Wildman–Crippen LogP) is 10.7. The van der Waals surface area contributed by atoms with Gasteiger partial charge >= 0.3 is 11.9 Å². The van der Waals surface area contributed by atoms with E-state index in [1.165, 1.54) is 116 Å². The number of rotatable bonds is 42. The minimum atomic E-state index is -1.62. The van der Waals surface area contributed by atoms with Crippen LogP contribution in [-0.4, -0.2) is 82.3 Å². The maximum Gasteiger partial charge on any atom is 0.306 e. The van der Waals surface area contributed by atoms with Crippen molar-refractivity contribution in [3.05, 3.63) is 24.3 Å². The fourth-order valence-electron chi connectivity index (χ4n) is 6.33. The lowest BCUT2D eigenvalue weighted by Crippen LogP contribution is -2.44. The van der Waals surface area contributed by atoms with Gasteiger partial charge in [0.15, 0.2) is 12.4 Å². The molecule has 0 aromatic heterocycles. The number of hydrogen-bond donors (Lipinski definition) is 0. The van der Waals surface area contributed by atoms with Gasteiger partial charge in [0.2, 0.25) is 0 Å². The van der Waals surface area contributed by atoms with Gasteiger partial charge in [0.05, 0.1) is 40.3 Å². The van der Waals surface area contributed by atoms with Gasteiger partial charge in [-0.2, -0.15) is 0 Å². The Morgan fingerprint density at radius 2 is 0.964 bits per heavy atom. The van der Waals surface area contributed by atoms with Gasteiger partial charge in [0, 0.05) is 12.8 Å². The summed E-state index contributed by atoms with van der Waals surface area (Å²) in [6.45, 7) is 4.72. The second-order valence-corrected chi connectivity index (χ2v) is 16.7. The number of hydrogen-bond acceptors (Lipinski definition) is 8. The van der Waals surface area contributed by atoms with E-state index in [1.807, 2.05) is 21.1 Å². The van der Waals surface area contributed by atoms with E-state index in [-0.39, 0.29) is 32.2 Å². The zero-order chi connectivity index (χ0) is 41.4. The minimum absolute atomic E-state index is 0.148. The first-order valence-electron chi connectivity index (χ1n) is 23.0. The van der Waals surface area contributed by atoms with Gasteiger partial charge in [-0.3, -0.25) is 9.59 Å². The summed E-state index contributed by atoms with van der Waals surface area (Å²) in [7, 11) is 5.91. The lowest BCUT2D eigenvalue weighted by molar-refractivity contribution is -0.870. The lowest BCUT2D eigenvalue weighted by Gasteiger charge is -2.26. The summed E-state index contributed by atoms with van der Waals surface area (Å²) in [5.41, 5.74) is 0. The Morgan fingerprint density at radius 1 is 0.536 bits per heavy atom. The molecule has 56 heavy (non-hydrogen) atoms. The molecule has 0 radical (unpaired) electrons. The quantitative estimate of drug-likeness (QED) is 0.0197. The third kappa shape index (κ3) is 40.0. The van der Waals surface area contributed by atoms with E-state index in [1.54, 1.807) is 0 Å². The van der Waals surface area contributed by atoms with Crippen molar-refractivity contribution in [2.45, 2.75) is 212 Å². The Balaban J connectivity index is 4.42. The molecule has 0 rings (SSSR count). The summed E-state index contributed by atoms with van der Waals surface area (Å²) >= 11 is 0. The van der Waals surface area contributed by atoms with Gasteiger partial charge in [-0.05, 0) is 44.9 Å². The number of likely N-dealkylation sites (N-methyl/N-ethyl adjacent to an activating group) is 1. The molecule has 0 aromatic carbocycles. The van der Waals surface area contributed by atoms with Crippen LogP contribution in [0.1, 0.15) is 200 Å². The summed E-state index contributed by atoms with van der Waals surface area (Å²) in [5, 5.41) is 11.7. The maximum absolute atomic E-state index is 12.7. The Kier molecular flexibility index (Phi) is 38.0. The SMILES string of the molecule is CCCCCC/C=C\C/C=C\CCCCCCCCCC(=O)OC(COC(=O)CCCCCCCCCCCCCCC)COC(OCC[N+](C)(C)C)C(=O)[O-]. The summed E-state index contributed by atoms with van der Waals surface area (Å²) in [5.74, 6) is -2.29. The molecule has 0 aromatic rings. The van der Waals surface area contributed by atoms with Gasteiger partial charge in [0.25, 0.3) is 0 Å². The Hall–Kier alpha value is -2.23. The molecule has 2 atom stereocenters. The molecule has 2 unspecified atom stereocenters. The van der Waals surface area contributed by atoms with Crippen molar-refractivity contribution in [2.75, 3.05) is 47.5 Å². The van der Waals surface area contributed by atoms with Gasteiger partial charge in [-0.25, -0.2) is 0 Å². The summed E-state index contributed by atoms with van der Waals surface area (Å²) < 4.78 is 22.5. The molecule has 0 amide bonds. The molecule has 9 heteroatoms. The second-order valence-electron chi connectivity index (χ2n) is 16.7. The van der Waals surface area contributed by atoms with Crippen LogP contribution < -0.4 is 5.11 Å². The van der Waals surface area contributed by atoms with Crippen molar-refractivity contribution in [1.29, 1.82) is 0 Å². The molecule has 328 valence electrons. The average molecular weight is 794 g/mol. The number of carbonyl (C=O) groups is 3. The Morgan fingerprint density at radius 3 is 1.43 bits per heavy atom. The molecule has 0 saturated heterocycles. The van der Waals surface area contributed by atoms with E-state index in [9.17, 15) is 19.5 Å². The fraction of sp³-hybridized carbons (Fsp3) is 0.851. The van der Waals surface area contributed by atoms with Crippen LogP contribution in [0.4, 0.5) is 0 Å². The third-order valence-corrected chi connectivity index (χ3v) is 9.95. The standard InChI is InChI=1S/C47H87NO8/c1-6-8-10-12-14-16-18-20-21-22-23-24-26-28-30-32-34-36-38-45(50)56-43(42-55-47(46(51)52)53-40-39-48(3,4)5)41-54-44(49)37-35-33-31-29-27-25-19-17-15-13-11-9-7-2/h16,18,21-22,43,47H,6-15,17,19-20,23-42H2,1-5H3/b18-16-,22-21-. The van der Waals surface area contributed by atoms with Gasteiger partial charge < -0.3 is 33.3 Å². The molecule has 0 aliphatic heterocycles. The number of quaternary nitrogens is 1. The molecular weight excluding hydrogens is 707 g/mol. The average Bonchev–Trinajstić information content (AvgIpc) is 3.15. The van der Waals surface area contributed by atoms with Crippen LogP contribution >= 0.6 is 0 Å². The van der Waals surface area contributed by atoms with Crippen molar-refractivity contribution in [1.82, 2.24) is 0 Å². The molecule has 0 aliphatic carbocycles. The van der Waals surface area contributed by atoms with E-state index in [4.69, 9.17) is 18.9 Å². The molecule has 0 saturated carbocycles. The first-order valence-corrected chi connectivity index (χ1v) is 23.0. The first kappa shape index (κ1) is 53.8. The summed E-state index contributed by atoms with van der Waals surface area (Å²) in [6.07, 6.45) is 39.1. The molecule has 0 spiro atoms. The van der Waals surface area contributed by atoms with Gasteiger partial charge in [0.1, 0.15) is 13.2 Å². The van der Waals surface area contributed by atoms with Crippen LogP contribution in [0.3, 0.4) is 0 Å². The van der Waals surface area contributed by atoms with Crippen LogP contribution in [0.25, 0.3) is 0 Å². The predicted molar refractivity (Wildman–Crippen MR) is 228 cm³/mol. The highest BCUT2D eigenvalue weighted by atomic mass is 16.7. The van der Waals surface area contributed by atoms with Crippen molar-refractivity contribution in [2.24, 2.45) is 0 Å². The molecule has 0 heterocycles. The number of carbonyl (C=O) groups excluding carboxylic acids is 3. The van der Waals surface area contributed by atoms with Crippen LogP contribution in [0.5, 0.6) is 0 Å². The molecule has 0 N–H and O–H groups in total. The number of ether oxygens (including phenoxy) is 4. The normalized spacial score (nSPS) is 13.1. The molecular formula is C47H87NO8. The van der Waals surface area contributed by atoms with Gasteiger partial charge in [-0.1, -0.05) is 167 Å². The molecule has 0 fully saturated rings. The largest absolute Gasteiger partial charge is 0.545 e. The maximum atomic E-state index is 12.7. The van der Waals surface area contributed by atoms with E-state index in [0.717, 1.165) is 51.4 Å². The van der Waals surface area contributed by atoms with E-state index < -0.39 is 24.3 Å². The van der Waals surface area contributed by atoms with Crippen LogP contribution in [0.15, 0.2) is 24.3 Å².